The van der Waals surface area contributed by atoms with Crippen molar-refractivity contribution < 1.29 is 4.79 Å². The summed E-state index contributed by atoms with van der Waals surface area (Å²) < 4.78 is 1.50. The zero-order valence-electron chi connectivity index (χ0n) is 12.1. The quantitative estimate of drug-likeness (QED) is 0.798. The van der Waals surface area contributed by atoms with E-state index < -0.39 is 0 Å². The molecule has 2 rings (SSSR count). The second-order valence-corrected chi connectivity index (χ2v) is 5.45. The van der Waals surface area contributed by atoms with Crippen LogP contribution in [0.2, 0.25) is 0 Å². The number of anilines is 1. The molecule has 1 aromatic heterocycles. The molecule has 6 nitrogen and oxygen atoms in total. The molecule has 0 radical (unpaired) electrons. The lowest BCUT2D eigenvalue weighted by Crippen LogP contribution is -2.19. The molecule has 1 heterocycles. The maximum atomic E-state index is 12.1. The van der Waals surface area contributed by atoms with E-state index in [4.69, 9.17) is 5.73 Å². The highest BCUT2D eigenvalue weighted by Gasteiger charge is 2.11. The number of hydrogen-bond acceptors (Lipinski definition) is 5. The van der Waals surface area contributed by atoms with Crippen molar-refractivity contribution in [2.75, 3.05) is 11.6 Å². The Morgan fingerprint density at radius 3 is 2.95 bits per heavy atom. The fourth-order valence-electron chi connectivity index (χ4n) is 1.85. The Morgan fingerprint density at radius 1 is 1.48 bits per heavy atom. The van der Waals surface area contributed by atoms with Crippen LogP contribution >= 0.6 is 11.8 Å². The first kappa shape index (κ1) is 15.5. The Labute approximate surface area is 128 Å². The normalized spacial score (nSPS) is 12.1. The number of benzene rings is 1. The van der Waals surface area contributed by atoms with Gasteiger partial charge in [0.05, 0.1) is 23.6 Å². The van der Waals surface area contributed by atoms with Gasteiger partial charge in [-0.05, 0) is 24.8 Å². The van der Waals surface area contributed by atoms with Crippen molar-refractivity contribution in [2.45, 2.75) is 30.8 Å². The molecule has 0 saturated heterocycles. The number of carbonyl (C=O) groups is 1. The largest absolute Gasteiger partial charge is 0.323 e. The zero-order chi connectivity index (χ0) is 15.2. The number of rotatable bonds is 6. The maximum Gasteiger partial charge on any atom is 0.246 e. The van der Waals surface area contributed by atoms with Gasteiger partial charge in [-0.25, -0.2) is 4.68 Å². The average Bonchev–Trinajstić information content (AvgIpc) is 2.95. The fraction of sp³-hybridized carbons (Fsp3) is 0.357. The Balaban J connectivity index is 2.00. The van der Waals surface area contributed by atoms with E-state index in [0.29, 0.717) is 5.69 Å². The van der Waals surface area contributed by atoms with Crippen LogP contribution in [0.25, 0.3) is 0 Å². The van der Waals surface area contributed by atoms with Crippen molar-refractivity contribution in [3.8, 4) is 0 Å². The zero-order valence-corrected chi connectivity index (χ0v) is 12.9. The molecule has 0 fully saturated rings. The summed E-state index contributed by atoms with van der Waals surface area (Å²) in [5.41, 5.74) is 7.39. The van der Waals surface area contributed by atoms with Gasteiger partial charge in [-0.15, -0.1) is 16.9 Å². The van der Waals surface area contributed by atoms with Crippen molar-refractivity contribution in [1.29, 1.82) is 0 Å². The molecule has 21 heavy (non-hydrogen) atoms. The van der Waals surface area contributed by atoms with Crippen molar-refractivity contribution in [2.24, 2.45) is 5.73 Å². The summed E-state index contributed by atoms with van der Waals surface area (Å²) >= 11 is 1.59. The van der Waals surface area contributed by atoms with Gasteiger partial charge < -0.3 is 11.1 Å². The van der Waals surface area contributed by atoms with Crippen molar-refractivity contribution in [1.82, 2.24) is 15.0 Å². The lowest BCUT2D eigenvalue weighted by atomic mass is 10.2. The van der Waals surface area contributed by atoms with E-state index in [0.717, 1.165) is 17.0 Å². The molecule has 1 atom stereocenters. The predicted molar refractivity (Wildman–Crippen MR) is 84.1 cm³/mol. The topological polar surface area (TPSA) is 85.8 Å². The van der Waals surface area contributed by atoms with E-state index in [1.807, 2.05) is 37.4 Å². The van der Waals surface area contributed by atoms with Crippen LogP contribution in [0, 0.1) is 0 Å². The van der Waals surface area contributed by atoms with Gasteiger partial charge in [0, 0.05) is 4.90 Å². The minimum absolute atomic E-state index is 0.117. The SMILES string of the molecule is CCC(N)c1cn(CC(=O)Nc2ccccc2SC)nn1. The molecule has 1 aromatic carbocycles. The summed E-state index contributed by atoms with van der Waals surface area (Å²) in [4.78, 5) is 13.1. The highest BCUT2D eigenvalue weighted by Crippen LogP contribution is 2.24. The van der Waals surface area contributed by atoms with Crippen LogP contribution in [-0.4, -0.2) is 27.2 Å². The number of thioether (sulfide) groups is 1. The molecule has 0 bridgehead atoms. The number of amides is 1. The van der Waals surface area contributed by atoms with E-state index in [1.165, 1.54) is 4.68 Å². The number of aromatic nitrogens is 3. The smallest absolute Gasteiger partial charge is 0.246 e. The first-order valence-corrected chi connectivity index (χ1v) is 7.95. The van der Waals surface area contributed by atoms with Gasteiger partial charge >= 0.3 is 0 Å². The Bertz CT molecular complexity index is 613. The summed E-state index contributed by atoms with van der Waals surface area (Å²) in [6, 6.07) is 7.54. The molecule has 1 amide bonds. The molecule has 2 aromatic rings. The average molecular weight is 305 g/mol. The molecule has 112 valence electrons. The van der Waals surface area contributed by atoms with Gasteiger partial charge in [-0.3, -0.25) is 4.79 Å². The van der Waals surface area contributed by atoms with Crippen LogP contribution in [-0.2, 0) is 11.3 Å². The minimum Gasteiger partial charge on any atom is -0.323 e. The van der Waals surface area contributed by atoms with Gasteiger partial charge in [-0.2, -0.15) is 0 Å². The first-order chi connectivity index (χ1) is 10.1. The van der Waals surface area contributed by atoms with Gasteiger partial charge in [0.15, 0.2) is 0 Å². The van der Waals surface area contributed by atoms with E-state index >= 15 is 0 Å². The number of nitrogens with zero attached hydrogens (tertiary/aromatic N) is 3. The van der Waals surface area contributed by atoms with Crippen LogP contribution < -0.4 is 11.1 Å². The summed E-state index contributed by atoms with van der Waals surface area (Å²) in [6.45, 7) is 2.10. The van der Waals surface area contributed by atoms with Crippen LogP contribution in [0.15, 0.2) is 35.4 Å². The Hall–Kier alpha value is -1.86. The lowest BCUT2D eigenvalue weighted by Gasteiger charge is -2.08. The fourth-order valence-corrected chi connectivity index (χ4v) is 2.41. The maximum absolute atomic E-state index is 12.1. The third-order valence-corrected chi connectivity index (χ3v) is 3.86. The molecule has 0 aliphatic rings. The minimum atomic E-state index is -0.141. The molecule has 0 aliphatic carbocycles. The van der Waals surface area contributed by atoms with Gasteiger partial charge in [-0.1, -0.05) is 24.3 Å². The second-order valence-electron chi connectivity index (χ2n) is 4.60. The summed E-state index contributed by atoms with van der Waals surface area (Å²) in [6.07, 6.45) is 4.47. The van der Waals surface area contributed by atoms with Crippen LogP contribution in [0.1, 0.15) is 25.1 Å². The number of nitrogens with two attached hydrogens (primary N) is 1. The van der Waals surface area contributed by atoms with Crippen molar-refractivity contribution >= 4 is 23.4 Å². The summed E-state index contributed by atoms with van der Waals surface area (Å²) in [5, 5.41) is 10.8. The third kappa shape index (κ3) is 4.05. The molecular weight excluding hydrogens is 286 g/mol. The molecule has 7 heteroatoms. The van der Waals surface area contributed by atoms with E-state index in [-0.39, 0.29) is 18.5 Å². The first-order valence-electron chi connectivity index (χ1n) is 6.72. The number of carbonyl (C=O) groups excluding carboxylic acids is 1. The van der Waals surface area contributed by atoms with Crippen LogP contribution in [0.5, 0.6) is 0 Å². The van der Waals surface area contributed by atoms with E-state index in [1.54, 1.807) is 18.0 Å². The highest BCUT2D eigenvalue weighted by atomic mass is 32.2. The van der Waals surface area contributed by atoms with E-state index in [9.17, 15) is 4.79 Å². The molecule has 0 spiro atoms. The summed E-state index contributed by atoms with van der Waals surface area (Å²) in [5.74, 6) is -0.141. The monoisotopic (exact) mass is 305 g/mol. The second kappa shape index (κ2) is 7.24. The highest BCUT2D eigenvalue weighted by molar-refractivity contribution is 7.98. The Kier molecular flexibility index (Phi) is 5.35. The standard InChI is InChI=1S/C14H19N5OS/c1-3-10(15)12-8-19(18-17-12)9-14(20)16-11-6-4-5-7-13(11)21-2/h4-8,10H,3,9,15H2,1-2H3,(H,16,20). The molecule has 3 N–H and O–H groups in total. The molecule has 0 aliphatic heterocycles. The van der Waals surface area contributed by atoms with E-state index in [2.05, 4.69) is 15.6 Å². The number of hydrogen-bond donors (Lipinski definition) is 2. The van der Waals surface area contributed by atoms with Crippen molar-refractivity contribution in [3.05, 3.63) is 36.2 Å². The van der Waals surface area contributed by atoms with Crippen molar-refractivity contribution in [3.63, 3.8) is 0 Å². The van der Waals surface area contributed by atoms with Crippen LogP contribution in [0.4, 0.5) is 5.69 Å². The van der Waals surface area contributed by atoms with Gasteiger partial charge in [0.25, 0.3) is 0 Å². The summed E-state index contributed by atoms with van der Waals surface area (Å²) in [7, 11) is 0. The van der Waals surface area contributed by atoms with Gasteiger partial charge in [0.2, 0.25) is 5.91 Å². The molecule has 1 unspecified atom stereocenters. The van der Waals surface area contributed by atoms with Gasteiger partial charge in [0.1, 0.15) is 6.54 Å². The molecular formula is C14H19N5OS. The molecule has 0 saturated carbocycles. The Morgan fingerprint density at radius 2 is 2.24 bits per heavy atom. The lowest BCUT2D eigenvalue weighted by molar-refractivity contribution is -0.116. The predicted octanol–water partition coefficient (Wildman–Crippen LogP) is 2.05. The third-order valence-electron chi connectivity index (χ3n) is 3.06. The number of para-hydroxylation sites is 1. The number of nitrogens with one attached hydrogen (secondary N) is 1. The van der Waals surface area contributed by atoms with Crippen LogP contribution in [0.3, 0.4) is 0 Å².